The molecule has 0 saturated heterocycles. The molecule has 0 fully saturated rings. The number of likely N-dealkylation sites (N-methyl/N-ethyl adjacent to an activating group) is 1. The summed E-state index contributed by atoms with van der Waals surface area (Å²) in [5.74, 6) is 0.779. The molecule has 3 N–H and O–H groups in total. The van der Waals surface area contributed by atoms with Gasteiger partial charge in [0.1, 0.15) is 5.75 Å². The molecule has 82 valence electrons. The van der Waals surface area contributed by atoms with E-state index in [-0.39, 0.29) is 6.04 Å². The third-order valence-electron chi connectivity index (χ3n) is 2.84. The number of methoxy groups -OCH3 is 1. The summed E-state index contributed by atoms with van der Waals surface area (Å²) >= 11 is 0. The average Bonchev–Trinajstić information content (AvgIpc) is 2.25. The van der Waals surface area contributed by atoms with E-state index in [1.807, 2.05) is 30.1 Å². The van der Waals surface area contributed by atoms with Gasteiger partial charge in [0.25, 0.3) is 0 Å². The normalized spacial score (nSPS) is 24.9. The summed E-state index contributed by atoms with van der Waals surface area (Å²) in [4.78, 5) is 2.02. The van der Waals surface area contributed by atoms with E-state index in [1.54, 1.807) is 7.11 Å². The first kappa shape index (κ1) is 10.3. The van der Waals surface area contributed by atoms with Crippen LogP contribution < -0.4 is 15.4 Å². The molecule has 0 unspecified atom stereocenters. The lowest BCUT2D eigenvalue weighted by Gasteiger charge is -2.35. The van der Waals surface area contributed by atoms with Gasteiger partial charge < -0.3 is 20.5 Å². The maximum absolute atomic E-state index is 9.96. The van der Waals surface area contributed by atoms with Crippen LogP contribution in [0.3, 0.4) is 0 Å². The van der Waals surface area contributed by atoms with Gasteiger partial charge in [-0.3, -0.25) is 0 Å². The molecular formula is C11H16N2O2. The van der Waals surface area contributed by atoms with Crippen LogP contribution >= 0.6 is 0 Å². The molecule has 2 atom stereocenters. The van der Waals surface area contributed by atoms with E-state index in [9.17, 15) is 5.11 Å². The SMILES string of the molecule is COc1cccc2c1N(C)C[C@H](N)[C@@H]2O. The van der Waals surface area contributed by atoms with Gasteiger partial charge in [0, 0.05) is 19.2 Å². The molecule has 1 heterocycles. The number of anilines is 1. The van der Waals surface area contributed by atoms with Gasteiger partial charge in [-0.1, -0.05) is 12.1 Å². The minimum Gasteiger partial charge on any atom is -0.495 e. The monoisotopic (exact) mass is 208 g/mol. The van der Waals surface area contributed by atoms with Crippen LogP contribution in [0.1, 0.15) is 11.7 Å². The van der Waals surface area contributed by atoms with Gasteiger partial charge in [-0.2, -0.15) is 0 Å². The maximum atomic E-state index is 9.96. The number of hydrogen-bond acceptors (Lipinski definition) is 4. The Hall–Kier alpha value is -1.26. The number of hydrogen-bond donors (Lipinski definition) is 2. The molecular weight excluding hydrogens is 192 g/mol. The second kappa shape index (κ2) is 3.72. The number of benzene rings is 1. The Morgan fingerprint density at radius 1 is 1.53 bits per heavy atom. The first-order valence-corrected chi connectivity index (χ1v) is 4.97. The molecule has 0 spiro atoms. The van der Waals surface area contributed by atoms with Crippen molar-refractivity contribution >= 4 is 5.69 Å². The van der Waals surface area contributed by atoms with Gasteiger partial charge in [-0.05, 0) is 6.07 Å². The molecule has 1 aliphatic heterocycles. The Balaban J connectivity index is 2.54. The smallest absolute Gasteiger partial charge is 0.142 e. The van der Waals surface area contributed by atoms with E-state index in [2.05, 4.69) is 0 Å². The zero-order valence-electron chi connectivity index (χ0n) is 8.97. The Kier molecular flexibility index (Phi) is 2.54. The number of nitrogens with two attached hydrogens (primary N) is 1. The average molecular weight is 208 g/mol. The molecule has 1 aliphatic rings. The fourth-order valence-corrected chi connectivity index (χ4v) is 2.09. The van der Waals surface area contributed by atoms with Crippen molar-refractivity contribution in [1.82, 2.24) is 0 Å². The van der Waals surface area contributed by atoms with Crippen LogP contribution in [0.5, 0.6) is 5.75 Å². The standard InChI is InChI=1S/C11H16N2O2/c1-13-6-8(12)11(14)7-4-3-5-9(15-2)10(7)13/h3-5,8,11,14H,6,12H2,1-2H3/t8-,11+/m0/s1. The Morgan fingerprint density at radius 2 is 2.27 bits per heavy atom. The summed E-state index contributed by atoms with van der Waals surface area (Å²) in [6.07, 6.45) is -0.605. The van der Waals surface area contributed by atoms with Gasteiger partial charge in [0.05, 0.1) is 24.9 Å². The van der Waals surface area contributed by atoms with E-state index in [4.69, 9.17) is 10.5 Å². The summed E-state index contributed by atoms with van der Waals surface area (Å²) < 4.78 is 5.27. The number of aliphatic hydroxyl groups excluding tert-OH is 1. The largest absolute Gasteiger partial charge is 0.495 e. The van der Waals surface area contributed by atoms with E-state index in [0.717, 1.165) is 17.0 Å². The number of nitrogens with zero attached hydrogens (tertiary/aromatic N) is 1. The molecule has 4 nitrogen and oxygen atoms in total. The van der Waals surface area contributed by atoms with Gasteiger partial charge in [-0.25, -0.2) is 0 Å². The summed E-state index contributed by atoms with van der Waals surface area (Å²) in [7, 11) is 3.58. The third kappa shape index (κ3) is 1.56. The second-order valence-corrected chi connectivity index (χ2v) is 3.89. The number of fused-ring (bicyclic) bond motifs is 1. The molecule has 0 radical (unpaired) electrons. The number of para-hydroxylation sites is 1. The molecule has 4 heteroatoms. The highest BCUT2D eigenvalue weighted by atomic mass is 16.5. The van der Waals surface area contributed by atoms with Crippen LogP contribution in [0.25, 0.3) is 0 Å². The highest BCUT2D eigenvalue weighted by Gasteiger charge is 2.30. The molecule has 2 rings (SSSR count). The highest BCUT2D eigenvalue weighted by molar-refractivity contribution is 5.66. The van der Waals surface area contributed by atoms with Gasteiger partial charge >= 0.3 is 0 Å². The number of ether oxygens (including phenoxy) is 1. The lowest BCUT2D eigenvalue weighted by Crippen LogP contribution is -2.44. The summed E-state index contributed by atoms with van der Waals surface area (Å²) in [6, 6.07) is 5.40. The van der Waals surface area contributed by atoms with Crippen molar-refractivity contribution in [1.29, 1.82) is 0 Å². The zero-order valence-corrected chi connectivity index (χ0v) is 8.97. The molecule has 15 heavy (non-hydrogen) atoms. The fraction of sp³-hybridized carbons (Fsp3) is 0.455. The second-order valence-electron chi connectivity index (χ2n) is 3.89. The minimum absolute atomic E-state index is 0.241. The van der Waals surface area contributed by atoms with E-state index in [1.165, 1.54) is 0 Å². The summed E-state index contributed by atoms with van der Waals surface area (Å²) in [5.41, 5.74) is 7.62. The minimum atomic E-state index is -0.605. The first-order chi connectivity index (χ1) is 7.15. The van der Waals surface area contributed by atoms with E-state index >= 15 is 0 Å². The van der Waals surface area contributed by atoms with Crippen LogP contribution in [0.15, 0.2) is 18.2 Å². The van der Waals surface area contributed by atoms with Crippen molar-refractivity contribution in [2.45, 2.75) is 12.1 Å². The Labute approximate surface area is 89.3 Å². The van der Waals surface area contributed by atoms with Gasteiger partial charge in [0.15, 0.2) is 0 Å². The summed E-state index contributed by atoms with van der Waals surface area (Å²) in [6.45, 7) is 0.633. The Morgan fingerprint density at radius 3 is 2.93 bits per heavy atom. The third-order valence-corrected chi connectivity index (χ3v) is 2.84. The number of aliphatic hydroxyl groups is 1. The van der Waals surface area contributed by atoms with Crippen molar-refractivity contribution in [2.24, 2.45) is 5.73 Å². The van der Waals surface area contributed by atoms with Crippen molar-refractivity contribution in [3.05, 3.63) is 23.8 Å². The molecule has 0 aromatic heterocycles. The predicted octanol–water partition coefficient (Wildman–Crippen LogP) is 0.506. The topological polar surface area (TPSA) is 58.7 Å². The van der Waals surface area contributed by atoms with Crippen LogP contribution in [0.2, 0.25) is 0 Å². The molecule has 1 aromatic carbocycles. The van der Waals surface area contributed by atoms with Crippen LogP contribution in [-0.4, -0.2) is 31.9 Å². The van der Waals surface area contributed by atoms with Crippen LogP contribution in [0.4, 0.5) is 5.69 Å². The molecule has 1 aromatic rings. The van der Waals surface area contributed by atoms with Crippen molar-refractivity contribution in [2.75, 3.05) is 25.6 Å². The lowest BCUT2D eigenvalue weighted by molar-refractivity contribution is 0.143. The Bertz CT molecular complexity index is 368. The summed E-state index contributed by atoms with van der Waals surface area (Å²) in [5, 5.41) is 9.96. The molecule has 0 aliphatic carbocycles. The molecule has 0 amide bonds. The molecule has 0 saturated carbocycles. The maximum Gasteiger partial charge on any atom is 0.142 e. The zero-order chi connectivity index (χ0) is 11.0. The van der Waals surface area contributed by atoms with E-state index in [0.29, 0.717) is 6.54 Å². The van der Waals surface area contributed by atoms with Crippen LogP contribution in [-0.2, 0) is 0 Å². The van der Waals surface area contributed by atoms with Crippen molar-refractivity contribution in [3.8, 4) is 5.75 Å². The van der Waals surface area contributed by atoms with Gasteiger partial charge in [0.2, 0.25) is 0 Å². The van der Waals surface area contributed by atoms with Gasteiger partial charge in [-0.15, -0.1) is 0 Å². The van der Waals surface area contributed by atoms with Crippen LogP contribution in [0, 0.1) is 0 Å². The highest BCUT2D eigenvalue weighted by Crippen LogP contribution is 2.39. The number of rotatable bonds is 1. The van der Waals surface area contributed by atoms with E-state index < -0.39 is 6.10 Å². The quantitative estimate of drug-likeness (QED) is 0.706. The van der Waals surface area contributed by atoms with Crippen molar-refractivity contribution < 1.29 is 9.84 Å². The van der Waals surface area contributed by atoms with Crippen molar-refractivity contribution in [3.63, 3.8) is 0 Å². The predicted molar refractivity (Wildman–Crippen MR) is 59.2 cm³/mol. The molecule has 0 bridgehead atoms. The first-order valence-electron chi connectivity index (χ1n) is 4.97. The fourth-order valence-electron chi connectivity index (χ4n) is 2.09. The lowest BCUT2D eigenvalue weighted by atomic mass is 9.95.